The summed E-state index contributed by atoms with van der Waals surface area (Å²) in [6, 6.07) is 0. The van der Waals surface area contributed by atoms with E-state index in [9.17, 15) is 0 Å². The van der Waals surface area contributed by atoms with Gasteiger partial charge >= 0.3 is 0 Å². The second kappa shape index (κ2) is 8.09. The maximum Gasteiger partial charge on any atom is 0.168 e. The first-order valence-corrected chi connectivity index (χ1v) is 8.97. The maximum atomic E-state index is 6.29. The van der Waals surface area contributed by atoms with Gasteiger partial charge in [-0.05, 0) is 50.1 Å². The molecule has 1 atom stereocenters. The summed E-state index contributed by atoms with van der Waals surface area (Å²) in [5.41, 5.74) is 0.408. The summed E-state index contributed by atoms with van der Waals surface area (Å²) in [4.78, 5) is 0. The van der Waals surface area contributed by atoms with E-state index in [-0.39, 0.29) is 11.9 Å². The SMILES string of the molecule is COCCCNCCC1COC2(CCC(C(C)(C)C)CC2)O1. The van der Waals surface area contributed by atoms with Crippen molar-refractivity contribution in [1.82, 2.24) is 5.32 Å². The molecular formula is C18H35NO3. The fourth-order valence-corrected chi connectivity index (χ4v) is 3.67. The van der Waals surface area contributed by atoms with Gasteiger partial charge in [-0.2, -0.15) is 0 Å². The summed E-state index contributed by atoms with van der Waals surface area (Å²) >= 11 is 0. The number of hydrogen-bond acceptors (Lipinski definition) is 4. The van der Waals surface area contributed by atoms with Crippen LogP contribution in [0.2, 0.25) is 0 Å². The first kappa shape index (κ1) is 18.2. The fourth-order valence-electron chi connectivity index (χ4n) is 3.67. The van der Waals surface area contributed by atoms with Crippen molar-refractivity contribution in [1.29, 1.82) is 0 Å². The molecule has 1 saturated carbocycles. The lowest BCUT2D eigenvalue weighted by Crippen LogP contribution is -2.39. The molecule has 2 fully saturated rings. The van der Waals surface area contributed by atoms with Gasteiger partial charge in [0.15, 0.2) is 5.79 Å². The highest BCUT2D eigenvalue weighted by Gasteiger charge is 2.45. The van der Waals surface area contributed by atoms with E-state index in [1.807, 2.05) is 0 Å². The highest BCUT2D eigenvalue weighted by molar-refractivity contribution is 4.88. The van der Waals surface area contributed by atoms with E-state index in [4.69, 9.17) is 14.2 Å². The molecule has 1 spiro atoms. The Labute approximate surface area is 136 Å². The van der Waals surface area contributed by atoms with Crippen LogP contribution < -0.4 is 5.32 Å². The average molecular weight is 313 g/mol. The molecule has 130 valence electrons. The molecular weight excluding hydrogens is 278 g/mol. The lowest BCUT2D eigenvalue weighted by atomic mass is 9.71. The van der Waals surface area contributed by atoms with E-state index in [0.29, 0.717) is 5.41 Å². The standard InChI is InChI=1S/C18H35NO3/c1-17(2,3)15-6-9-18(10-7-15)21-14-16(22-18)8-12-19-11-5-13-20-4/h15-16,19H,5-14H2,1-4H3. The van der Waals surface area contributed by atoms with Gasteiger partial charge < -0.3 is 19.5 Å². The minimum absolute atomic E-state index is 0.261. The van der Waals surface area contributed by atoms with Gasteiger partial charge in [-0.25, -0.2) is 0 Å². The molecule has 2 aliphatic rings. The Morgan fingerprint density at radius 3 is 2.55 bits per heavy atom. The van der Waals surface area contributed by atoms with Crippen LogP contribution in [0.15, 0.2) is 0 Å². The van der Waals surface area contributed by atoms with E-state index in [0.717, 1.165) is 57.9 Å². The molecule has 1 heterocycles. The Bertz CT molecular complexity index is 319. The van der Waals surface area contributed by atoms with Crippen LogP contribution in [0.4, 0.5) is 0 Å². The van der Waals surface area contributed by atoms with Crippen LogP contribution in [0, 0.1) is 11.3 Å². The molecule has 0 aromatic rings. The quantitative estimate of drug-likeness (QED) is 0.732. The van der Waals surface area contributed by atoms with Gasteiger partial charge in [-0.3, -0.25) is 0 Å². The predicted molar refractivity (Wildman–Crippen MR) is 88.9 cm³/mol. The van der Waals surface area contributed by atoms with Crippen molar-refractivity contribution in [3.63, 3.8) is 0 Å². The molecule has 0 aromatic carbocycles. The van der Waals surface area contributed by atoms with Crippen LogP contribution in [-0.4, -0.2) is 45.3 Å². The second-order valence-corrected chi connectivity index (χ2v) is 7.99. The largest absolute Gasteiger partial charge is 0.385 e. The molecule has 22 heavy (non-hydrogen) atoms. The maximum absolute atomic E-state index is 6.29. The second-order valence-electron chi connectivity index (χ2n) is 7.99. The number of nitrogens with one attached hydrogen (secondary N) is 1. The van der Waals surface area contributed by atoms with Gasteiger partial charge in [0, 0.05) is 26.6 Å². The molecule has 1 N–H and O–H groups in total. The van der Waals surface area contributed by atoms with Crippen molar-refractivity contribution >= 4 is 0 Å². The van der Waals surface area contributed by atoms with Crippen LogP contribution in [0.25, 0.3) is 0 Å². The molecule has 1 aliphatic carbocycles. The summed E-state index contributed by atoms with van der Waals surface area (Å²) < 4.78 is 17.4. The zero-order valence-corrected chi connectivity index (χ0v) is 15.0. The van der Waals surface area contributed by atoms with E-state index < -0.39 is 0 Å². The first-order chi connectivity index (χ1) is 10.5. The highest BCUT2D eigenvalue weighted by Crippen LogP contribution is 2.45. The first-order valence-electron chi connectivity index (χ1n) is 8.97. The minimum atomic E-state index is -0.261. The van der Waals surface area contributed by atoms with Crippen molar-refractivity contribution in [2.75, 3.05) is 33.4 Å². The highest BCUT2D eigenvalue weighted by atomic mass is 16.7. The zero-order valence-electron chi connectivity index (χ0n) is 15.0. The van der Waals surface area contributed by atoms with Gasteiger partial charge in [0.25, 0.3) is 0 Å². The number of rotatable bonds is 7. The molecule has 2 rings (SSSR count). The van der Waals surface area contributed by atoms with E-state index in [1.165, 1.54) is 12.8 Å². The van der Waals surface area contributed by atoms with Crippen molar-refractivity contribution in [2.24, 2.45) is 11.3 Å². The zero-order chi connectivity index (χ0) is 16.1. The van der Waals surface area contributed by atoms with Gasteiger partial charge in [0.1, 0.15) is 0 Å². The summed E-state index contributed by atoms with van der Waals surface area (Å²) in [5.74, 6) is 0.537. The molecule has 1 saturated heterocycles. The predicted octanol–water partition coefficient (Wildman–Crippen LogP) is 3.35. The van der Waals surface area contributed by atoms with Crippen molar-refractivity contribution < 1.29 is 14.2 Å². The molecule has 0 bridgehead atoms. The molecule has 4 heteroatoms. The van der Waals surface area contributed by atoms with Crippen molar-refractivity contribution in [3.05, 3.63) is 0 Å². The summed E-state index contributed by atoms with van der Waals surface area (Å²) in [6.45, 7) is 10.7. The topological polar surface area (TPSA) is 39.7 Å². The van der Waals surface area contributed by atoms with E-state index in [1.54, 1.807) is 7.11 Å². The Hall–Kier alpha value is -0.160. The van der Waals surface area contributed by atoms with E-state index >= 15 is 0 Å². The van der Waals surface area contributed by atoms with Crippen LogP contribution in [0.3, 0.4) is 0 Å². The van der Waals surface area contributed by atoms with Crippen LogP contribution >= 0.6 is 0 Å². The molecule has 1 aliphatic heterocycles. The third-order valence-electron chi connectivity index (χ3n) is 5.23. The smallest absolute Gasteiger partial charge is 0.168 e. The van der Waals surface area contributed by atoms with Gasteiger partial charge in [0.2, 0.25) is 0 Å². The Morgan fingerprint density at radius 2 is 1.91 bits per heavy atom. The van der Waals surface area contributed by atoms with Gasteiger partial charge in [-0.15, -0.1) is 0 Å². The summed E-state index contributed by atoms with van der Waals surface area (Å²) in [7, 11) is 1.75. The Kier molecular flexibility index (Phi) is 6.69. The third kappa shape index (κ3) is 5.19. The van der Waals surface area contributed by atoms with Crippen LogP contribution in [-0.2, 0) is 14.2 Å². The average Bonchev–Trinajstić information content (AvgIpc) is 2.85. The molecule has 0 aromatic heterocycles. The minimum Gasteiger partial charge on any atom is -0.385 e. The molecule has 0 amide bonds. The third-order valence-corrected chi connectivity index (χ3v) is 5.23. The molecule has 0 radical (unpaired) electrons. The van der Waals surface area contributed by atoms with E-state index in [2.05, 4.69) is 26.1 Å². The monoisotopic (exact) mass is 313 g/mol. The normalized spacial score (nSPS) is 32.7. The fraction of sp³-hybridized carbons (Fsp3) is 1.00. The van der Waals surface area contributed by atoms with Crippen molar-refractivity contribution in [3.8, 4) is 0 Å². The van der Waals surface area contributed by atoms with Gasteiger partial charge in [-0.1, -0.05) is 20.8 Å². The number of methoxy groups -OCH3 is 1. The van der Waals surface area contributed by atoms with Crippen LogP contribution in [0.5, 0.6) is 0 Å². The number of ether oxygens (including phenoxy) is 3. The molecule has 4 nitrogen and oxygen atoms in total. The lowest BCUT2D eigenvalue weighted by molar-refractivity contribution is -0.196. The van der Waals surface area contributed by atoms with Gasteiger partial charge in [0.05, 0.1) is 12.7 Å². The van der Waals surface area contributed by atoms with Crippen LogP contribution in [0.1, 0.15) is 59.3 Å². The number of hydrogen-bond donors (Lipinski definition) is 1. The molecule has 1 unspecified atom stereocenters. The Morgan fingerprint density at radius 1 is 1.18 bits per heavy atom. The lowest BCUT2D eigenvalue weighted by Gasteiger charge is -2.41. The Balaban J connectivity index is 1.63. The van der Waals surface area contributed by atoms with Crippen molar-refractivity contribution in [2.45, 2.75) is 71.2 Å². The summed E-state index contributed by atoms with van der Waals surface area (Å²) in [5, 5.41) is 3.45. The summed E-state index contributed by atoms with van der Waals surface area (Å²) in [6.07, 6.45) is 6.95.